The highest BCUT2D eigenvalue weighted by atomic mass is 16.5. The van der Waals surface area contributed by atoms with E-state index in [4.69, 9.17) is 4.74 Å². The summed E-state index contributed by atoms with van der Waals surface area (Å²) in [5, 5.41) is 3.96. The summed E-state index contributed by atoms with van der Waals surface area (Å²) in [6, 6.07) is 7.30. The molecule has 1 atom stereocenters. The van der Waals surface area contributed by atoms with E-state index in [0.29, 0.717) is 12.8 Å². The first-order chi connectivity index (χ1) is 19.2. The van der Waals surface area contributed by atoms with Gasteiger partial charge in [0.2, 0.25) is 5.91 Å². The molecule has 1 aromatic carbocycles. The number of amides is 1. The Morgan fingerprint density at radius 2 is 1.38 bits per heavy atom. The average Bonchev–Trinajstić information content (AvgIpc) is 3.36. The molecule has 2 N–H and O–H groups in total. The van der Waals surface area contributed by atoms with Crippen molar-refractivity contribution in [1.82, 2.24) is 10.3 Å². The van der Waals surface area contributed by atoms with Crippen molar-refractivity contribution < 1.29 is 14.3 Å². The predicted molar refractivity (Wildman–Crippen MR) is 164 cm³/mol. The number of aromatic nitrogens is 1. The van der Waals surface area contributed by atoms with E-state index in [0.717, 1.165) is 29.3 Å². The van der Waals surface area contributed by atoms with Crippen LogP contribution >= 0.6 is 0 Å². The van der Waals surface area contributed by atoms with Gasteiger partial charge in [0.25, 0.3) is 0 Å². The third kappa shape index (κ3) is 14.4. The van der Waals surface area contributed by atoms with E-state index in [2.05, 4.69) is 29.4 Å². The Morgan fingerprint density at radius 1 is 0.821 bits per heavy atom. The van der Waals surface area contributed by atoms with E-state index in [9.17, 15) is 9.59 Å². The second-order valence-electron chi connectivity index (χ2n) is 11.0. The van der Waals surface area contributed by atoms with Crippen LogP contribution in [0.25, 0.3) is 10.9 Å². The number of fused-ring (bicyclic) bond motifs is 1. The number of benzene rings is 1. The zero-order valence-corrected chi connectivity index (χ0v) is 24.8. The Kier molecular flexibility index (Phi) is 17.8. The van der Waals surface area contributed by atoms with Crippen LogP contribution in [0.2, 0.25) is 0 Å². The first-order valence-electron chi connectivity index (χ1n) is 15.7. The maximum atomic E-state index is 12.5. The van der Waals surface area contributed by atoms with Crippen LogP contribution in [0.4, 0.5) is 0 Å². The second kappa shape index (κ2) is 21.3. The zero-order chi connectivity index (χ0) is 28.0. The second-order valence-corrected chi connectivity index (χ2v) is 11.0. The Balaban J connectivity index is 1.45. The fourth-order valence-corrected chi connectivity index (χ4v) is 5.19. The number of esters is 1. The summed E-state index contributed by atoms with van der Waals surface area (Å²) in [6.45, 7) is 2.27. The van der Waals surface area contributed by atoms with Crippen LogP contribution in [0.1, 0.15) is 128 Å². The van der Waals surface area contributed by atoms with E-state index < -0.39 is 12.0 Å². The molecule has 0 unspecified atom stereocenters. The molecule has 2 aromatic rings. The van der Waals surface area contributed by atoms with Crippen LogP contribution in [-0.2, 0) is 20.7 Å². The molecule has 1 aromatic heterocycles. The molecule has 0 fully saturated rings. The number of hydrogen-bond donors (Lipinski definition) is 2. The summed E-state index contributed by atoms with van der Waals surface area (Å²) >= 11 is 0. The Hall–Kier alpha value is -2.56. The van der Waals surface area contributed by atoms with E-state index in [1.54, 1.807) is 0 Å². The van der Waals surface area contributed by atoms with Crippen molar-refractivity contribution in [2.24, 2.45) is 0 Å². The quantitative estimate of drug-likeness (QED) is 0.0842. The Morgan fingerprint density at radius 3 is 2.00 bits per heavy atom. The minimum absolute atomic E-state index is 0.0775. The number of carbonyl (C=O) groups excluding carboxylic acids is 2. The van der Waals surface area contributed by atoms with E-state index in [-0.39, 0.29) is 5.91 Å². The summed E-state index contributed by atoms with van der Waals surface area (Å²) in [4.78, 5) is 28.1. The molecule has 5 nitrogen and oxygen atoms in total. The molecule has 0 aliphatic carbocycles. The normalized spacial score (nSPS) is 12.3. The van der Waals surface area contributed by atoms with Gasteiger partial charge in [0.05, 0.1) is 7.11 Å². The molecule has 0 saturated carbocycles. The molecule has 1 heterocycles. The van der Waals surface area contributed by atoms with Gasteiger partial charge in [-0.1, -0.05) is 114 Å². The maximum absolute atomic E-state index is 12.5. The van der Waals surface area contributed by atoms with Gasteiger partial charge in [-0.2, -0.15) is 0 Å². The van der Waals surface area contributed by atoms with Gasteiger partial charge in [-0.15, -0.1) is 0 Å². The summed E-state index contributed by atoms with van der Waals surface area (Å²) in [6.07, 6.45) is 29.2. The van der Waals surface area contributed by atoms with Crippen LogP contribution in [0, 0.1) is 0 Å². The number of nitrogens with one attached hydrogen (secondary N) is 2. The molecule has 2 rings (SSSR count). The first-order valence-corrected chi connectivity index (χ1v) is 15.7. The molecule has 0 spiro atoms. The van der Waals surface area contributed by atoms with Crippen LogP contribution < -0.4 is 5.32 Å². The number of unbranched alkanes of at least 4 members (excludes halogenated alkanes) is 15. The van der Waals surface area contributed by atoms with Crippen molar-refractivity contribution in [2.75, 3.05) is 7.11 Å². The van der Waals surface area contributed by atoms with Crippen molar-refractivity contribution in [1.29, 1.82) is 0 Å². The fraction of sp³-hybridized carbons (Fsp3) is 0.647. The first kappa shape index (κ1) is 32.7. The zero-order valence-electron chi connectivity index (χ0n) is 24.8. The summed E-state index contributed by atoms with van der Waals surface area (Å²) in [7, 11) is 1.37. The van der Waals surface area contributed by atoms with Gasteiger partial charge in [-0.05, 0) is 43.7 Å². The third-order valence-electron chi connectivity index (χ3n) is 7.59. The topological polar surface area (TPSA) is 71.2 Å². The summed E-state index contributed by atoms with van der Waals surface area (Å²) in [5.41, 5.74) is 2.02. The van der Waals surface area contributed by atoms with Crippen LogP contribution in [0.3, 0.4) is 0 Å². The lowest BCUT2D eigenvalue weighted by atomic mass is 10.0. The van der Waals surface area contributed by atoms with Gasteiger partial charge >= 0.3 is 5.97 Å². The molecular weight excluding hydrogens is 484 g/mol. The van der Waals surface area contributed by atoms with E-state index in [1.165, 1.54) is 103 Å². The van der Waals surface area contributed by atoms with Gasteiger partial charge in [0, 0.05) is 29.9 Å². The number of methoxy groups -OCH3 is 1. The minimum Gasteiger partial charge on any atom is -0.467 e. The van der Waals surface area contributed by atoms with Crippen molar-refractivity contribution in [2.45, 2.75) is 135 Å². The summed E-state index contributed by atoms with van der Waals surface area (Å²) in [5.74, 6) is -0.482. The number of para-hydroxylation sites is 1. The number of allylic oxidation sites excluding steroid dienone is 2. The number of aromatic amines is 1. The van der Waals surface area contributed by atoms with Gasteiger partial charge in [0.1, 0.15) is 6.04 Å². The molecule has 0 bridgehead atoms. The monoisotopic (exact) mass is 538 g/mol. The van der Waals surface area contributed by atoms with Crippen LogP contribution in [0.5, 0.6) is 0 Å². The lowest BCUT2D eigenvalue weighted by Gasteiger charge is -2.16. The van der Waals surface area contributed by atoms with Crippen LogP contribution in [0.15, 0.2) is 42.6 Å². The molecular formula is C34H54N2O3. The largest absolute Gasteiger partial charge is 0.467 e. The number of rotatable bonds is 23. The molecule has 5 heteroatoms. The minimum atomic E-state index is -0.669. The molecule has 39 heavy (non-hydrogen) atoms. The Labute approximate surface area is 237 Å². The Bertz CT molecular complexity index is 949. The smallest absolute Gasteiger partial charge is 0.328 e. The predicted octanol–water partition coefficient (Wildman–Crippen LogP) is 8.97. The SMILES string of the molecule is CCCCCCCC/C=C\CCCCCCCCCCCC(=O)N[C@@H](Cc1c[nH]c2ccccc12)C(=O)OC. The van der Waals surface area contributed by atoms with Gasteiger partial charge < -0.3 is 15.0 Å². The van der Waals surface area contributed by atoms with E-state index >= 15 is 0 Å². The molecule has 0 saturated heterocycles. The fourth-order valence-electron chi connectivity index (χ4n) is 5.19. The highest BCUT2D eigenvalue weighted by Gasteiger charge is 2.23. The van der Waals surface area contributed by atoms with Gasteiger partial charge in [0.15, 0.2) is 0 Å². The summed E-state index contributed by atoms with van der Waals surface area (Å²) < 4.78 is 4.95. The molecule has 1 amide bonds. The number of ether oxygens (including phenoxy) is 1. The lowest BCUT2D eigenvalue weighted by molar-refractivity contribution is -0.145. The van der Waals surface area contributed by atoms with Crippen molar-refractivity contribution in [3.8, 4) is 0 Å². The van der Waals surface area contributed by atoms with Gasteiger partial charge in [-0.25, -0.2) is 4.79 Å². The number of carbonyl (C=O) groups is 2. The third-order valence-corrected chi connectivity index (χ3v) is 7.59. The lowest BCUT2D eigenvalue weighted by Crippen LogP contribution is -2.42. The van der Waals surface area contributed by atoms with Gasteiger partial charge in [-0.3, -0.25) is 4.79 Å². The van der Waals surface area contributed by atoms with Crippen molar-refractivity contribution in [3.63, 3.8) is 0 Å². The standard InChI is InChI=1S/C34H54N2O3/c1-3-4-5-6-7-8-9-10-11-12-13-14-15-16-17-18-19-20-21-26-33(37)36-32(34(38)39-2)27-29-28-35-31-25-23-22-24-30(29)31/h10-11,22-25,28,32,35H,3-9,12-21,26-27H2,1-2H3,(H,36,37)/b11-10-/t32-/m0/s1. The molecule has 218 valence electrons. The van der Waals surface area contributed by atoms with Crippen LogP contribution in [-0.4, -0.2) is 30.0 Å². The molecule has 0 aliphatic rings. The number of hydrogen-bond acceptors (Lipinski definition) is 3. The maximum Gasteiger partial charge on any atom is 0.328 e. The highest BCUT2D eigenvalue weighted by molar-refractivity contribution is 5.87. The average molecular weight is 539 g/mol. The van der Waals surface area contributed by atoms with Crippen molar-refractivity contribution in [3.05, 3.63) is 48.2 Å². The molecule has 0 aliphatic heterocycles. The van der Waals surface area contributed by atoms with E-state index in [1.807, 2.05) is 30.5 Å². The highest BCUT2D eigenvalue weighted by Crippen LogP contribution is 2.19. The van der Waals surface area contributed by atoms with Crippen molar-refractivity contribution >= 4 is 22.8 Å². The molecule has 0 radical (unpaired) electrons. The number of H-pyrrole nitrogens is 1.